The number of hydrogen-bond acceptors (Lipinski definition) is 11. The van der Waals surface area contributed by atoms with E-state index in [1.165, 1.54) is 0 Å². The number of ether oxygens (including phenoxy) is 1. The number of aromatic nitrogens is 4. The van der Waals surface area contributed by atoms with E-state index < -0.39 is 5.54 Å². The lowest BCUT2D eigenvalue weighted by molar-refractivity contribution is -0.127. The molecule has 3 saturated heterocycles. The van der Waals surface area contributed by atoms with Gasteiger partial charge in [-0.25, -0.2) is 15.0 Å². The number of carbonyl (C=O) groups excluding carboxylic acids is 1. The molecule has 5 rings (SSSR count). The second-order valence-electron chi connectivity index (χ2n) is 9.42. The monoisotopic (exact) mass is 483 g/mol. The number of aliphatic hydroxyl groups excluding tert-OH is 1. The molecule has 3 aliphatic rings. The lowest BCUT2D eigenvalue weighted by Crippen LogP contribution is -2.52. The van der Waals surface area contributed by atoms with Crippen LogP contribution in [0.4, 0.5) is 17.7 Å². The SMILES string of the molecule is Nc1ncc(-c2cc(N[C@@]3(CCO)CCN(C4CCCNC4=O)C3)nc(N3CCOCC3)n2)cn1. The number of nitrogens with zero attached hydrogens (tertiary/aromatic N) is 6. The van der Waals surface area contributed by atoms with Gasteiger partial charge >= 0.3 is 0 Å². The average molecular weight is 484 g/mol. The molecule has 0 saturated carbocycles. The first-order chi connectivity index (χ1) is 17.0. The molecule has 3 aliphatic heterocycles. The molecule has 2 aromatic heterocycles. The van der Waals surface area contributed by atoms with E-state index in [0.29, 0.717) is 56.7 Å². The van der Waals surface area contributed by atoms with Crippen molar-refractivity contribution in [3.63, 3.8) is 0 Å². The van der Waals surface area contributed by atoms with E-state index in [4.69, 9.17) is 20.4 Å². The summed E-state index contributed by atoms with van der Waals surface area (Å²) in [7, 11) is 0. The summed E-state index contributed by atoms with van der Waals surface area (Å²) in [5.41, 5.74) is 6.70. The number of morpholine rings is 1. The highest BCUT2D eigenvalue weighted by molar-refractivity contribution is 5.82. The smallest absolute Gasteiger partial charge is 0.237 e. The number of nitrogens with two attached hydrogens (primary N) is 1. The molecular formula is C23H33N9O3. The number of aliphatic hydroxyl groups is 1. The Bertz CT molecular complexity index is 1030. The summed E-state index contributed by atoms with van der Waals surface area (Å²) in [5, 5.41) is 16.5. The first kappa shape index (κ1) is 23.6. The topological polar surface area (TPSA) is 155 Å². The third-order valence-electron chi connectivity index (χ3n) is 7.04. The largest absolute Gasteiger partial charge is 0.396 e. The Labute approximate surface area is 204 Å². The molecule has 0 aromatic carbocycles. The van der Waals surface area contributed by atoms with Crippen molar-refractivity contribution < 1.29 is 14.6 Å². The van der Waals surface area contributed by atoms with Crippen LogP contribution in [0.5, 0.6) is 0 Å². The van der Waals surface area contributed by atoms with E-state index >= 15 is 0 Å². The van der Waals surface area contributed by atoms with Crippen molar-refractivity contribution in [1.82, 2.24) is 30.2 Å². The van der Waals surface area contributed by atoms with E-state index in [-0.39, 0.29) is 24.5 Å². The Morgan fingerprint density at radius 3 is 2.77 bits per heavy atom. The Morgan fingerprint density at radius 1 is 1.23 bits per heavy atom. The number of hydrogen-bond donors (Lipinski definition) is 4. The van der Waals surface area contributed by atoms with Crippen molar-refractivity contribution in [1.29, 1.82) is 0 Å². The van der Waals surface area contributed by atoms with Crippen molar-refractivity contribution in [2.45, 2.75) is 37.3 Å². The predicted octanol–water partition coefficient (Wildman–Crippen LogP) is -0.130. The van der Waals surface area contributed by atoms with Crippen LogP contribution in [0.1, 0.15) is 25.7 Å². The fourth-order valence-electron chi connectivity index (χ4n) is 5.15. The van der Waals surface area contributed by atoms with Crippen LogP contribution < -0.4 is 21.3 Å². The molecular weight excluding hydrogens is 450 g/mol. The molecule has 5 heterocycles. The van der Waals surface area contributed by atoms with Gasteiger partial charge in [-0.3, -0.25) is 9.69 Å². The number of likely N-dealkylation sites (tertiary alicyclic amines) is 1. The Hall–Kier alpha value is -3.09. The van der Waals surface area contributed by atoms with Gasteiger partial charge in [0.15, 0.2) is 0 Å². The molecule has 188 valence electrons. The molecule has 1 unspecified atom stereocenters. The van der Waals surface area contributed by atoms with Crippen molar-refractivity contribution in [2.75, 3.05) is 68.5 Å². The summed E-state index contributed by atoms with van der Waals surface area (Å²) in [6, 6.07) is 1.76. The quantitative estimate of drug-likeness (QED) is 0.416. The summed E-state index contributed by atoms with van der Waals surface area (Å²) in [4.78, 5) is 34.7. The summed E-state index contributed by atoms with van der Waals surface area (Å²) >= 11 is 0. The summed E-state index contributed by atoms with van der Waals surface area (Å²) in [6.07, 6.45) is 6.50. The molecule has 5 N–H and O–H groups in total. The van der Waals surface area contributed by atoms with Crippen LogP contribution in [-0.4, -0.2) is 100.0 Å². The lowest BCUT2D eigenvalue weighted by atomic mass is 9.94. The summed E-state index contributed by atoms with van der Waals surface area (Å²) < 4.78 is 5.50. The first-order valence-corrected chi connectivity index (χ1v) is 12.3. The van der Waals surface area contributed by atoms with Crippen LogP contribution in [0.25, 0.3) is 11.3 Å². The van der Waals surface area contributed by atoms with Gasteiger partial charge in [-0.2, -0.15) is 4.98 Å². The molecule has 12 heteroatoms. The second kappa shape index (κ2) is 10.3. The van der Waals surface area contributed by atoms with Crippen LogP contribution >= 0.6 is 0 Å². The first-order valence-electron chi connectivity index (χ1n) is 12.3. The maximum Gasteiger partial charge on any atom is 0.237 e. The van der Waals surface area contributed by atoms with E-state index in [2.05, 4.69) is 30.4 Å². The number of carbonyl (C=O) groups is 1. The van der Waals surface area contributed by atoms with Crippen molar-refractivity contribution in [3.05, 3.63) is 18.5 Å². The minimum Gasteiger partial charge on any atom is -0.396 e. The van der Waals surface area contributed by atoms with Gasteiger partial charge in [-0.1, -0.05) is 0 Å². The zero-order valence-corrected chi connectivity index (χ0v) is 19.8. The van der Waals surface area contributed by atoms with E-state index in [1.807, 2.05) is 6.07 Å². The minimum absolute atomic E-state index is 0.0395. The van der Waals surface area contributed by atoms with Gasteiger partial charge in [-0.05, 0) is 25.7 Å². The summed E-state index contributed by atoms with van der Waals surface area (Å²) in [6.45, 7) is 4.86. The molecule has 2 atom stereocenters. The van der Waals surface area contributed by atoms with E-state index in [1.54, 1.807) is 12.4 Å². The molecule has 3 fully saturated rings. The molecule has 1 amide bonds. The third-order valence-corrected chi connectivity index (χ3v) is 7.04. The molecule has 2 aromatic rings. The molecule has 0 bridgehead atoms. The normalized spacial score (nSPS) is 25.5. The molecule has 35 heavy (non-hydrogen) atoms. The zero-order valence-electron chi connectivity index (χ0n) is 19.8. The number of rotatable bonds is 7. The van der Waals surface area contributed by atoms with Crippen molar-refractivity contribution in [2.24, 2.45) is 0 Å². The van der Waals surface area contributed by atoms with Crippen LogP contribution in [0.15, 0.2) is 18.5 Å². The Kier molecular flexibility index (Phi) is 6.93. The number of nitrogens with one attached hydrogen (secondary N) is 2. The van der Waals surface area contributed by atoms with Gasteiger partial charge in [0.2, 0.25) is 17.8 Å². The van der Waals surface area contributed by atoms with E-state index in [9.17, 15) is 9.90 Å². The van der Waals surface area contributed by atoms with E-state index in [0.717, 1.165) is 37.9 Å². The predicted molar refractivity (Wildman–Crippen MR) is 131 cm³/mol. The molecule has 12 nitrogen and oxygen atoms in total. The molecule has 0 aliphatic carbocycles. The maximum atomic E-state index is 12.5. The van der Waals surface area contributed by atoms with Gasteiger partial charge in [0, 0.05) is 63.4 Å². The fourth-order valence-corrected chi connectivity index (χ4v) is 5.15. The summed E-state index contributed by atoms with van der Waals surface area (Å²) in [5.74, 6) is 1.56. The van der Waals surface area contributed by atoms with Crippen molar-refractivity contribution >= 4 is 23.6 Å². The fraction of sp³-hybridized carbons (Fsp3) is 0.609. The van der Waals surface area contributed by atoms with Crippen LogP contribution in [0.3, 0.4) is 0 Å². The maximum absolute atomic E-state index is 12.5. The highest BCUT2D eigenvalue weighted by Gasteiger charge is 2.42. The Balaban J connectivity index is 1.44. The standard InChI is InChI=1S/C23H33N9O3/c24-21-26-13-16(14-27-21)17-12-19(29-22(28-17)31-7-10-35-11-8-31)30-23(4-9-33)3-6-32(15-23)18-2-1-5-25-20(18)34/h12-14,18,33H,1-11,15H2,(H,25,34)(H2,24,26,27)(H,28,29,30)/t18?,23-/m1/s1. The number of anilines is 3. The van der Waals surface area contributed by atoms with Crippen molar-refractivity contribution in [3.8, 4) is 11.3 Å². The second-order valence-corrected chi connectivity index (χ2v) is 9.42. The van der Waals surface area contributed by atoms with Gasteiger partial charge in [-0.15, -0.1) is 0 Å². The van der Waals surface area contributed by atoms with Gasteiger partial charge in [0.1, 0.15) is 5.82 Å². The van der Waals surface area contributed by atoms with Crippen LogP contribution in [0, 0.1) is 0 Å². The van der Waals surface area contributed by atoms with Gasteiger partial charge < -0.3 is 31.1 Å². The minimum atomic E-state index is -0.405. The van der Waals surface area contributed by atoms with Gasteiger partial charge in [0.25, 0.3) is 0 Å². The average Bonchev–Trinajstić information content (AvgIpc) is 3.28. The highest BCUT2D eigenvalue weighted by atomic mass is 16.5. The lowest BCUT2D eigenvalue weighted by Gasteiger charge is -2.34. The van der Waals surface area contributed by atoms with Crippen LogP contribution in [0.2, 0.25) is 0 Å². The number of nitrogen functional groups attached to an aromatic ring is 1. The molecule has 0 radical (unpaired) electrons. The molecule has 0 spiro atoms. The van der Waals surface area contributed by atoms with Crippen LogP contribution in [-0.2, 0) is 9.53 Å². The highest BCUT2D eigenvalue weighted by Crippen LogP contribution is 2.33. The Morgan fingerprint density at radius 2 is 2.03 bits per heavy atom. The number of amides is 1. The third kappa shape index (κ3) is 5.29. The number of piperidine rings is 1. The van der Waals surface area contributed by atoms with Gasteiger partial charge in [0.05, 0.1) is 30.5 Å². The zero-order chi connectivity index (χ0) is 24.3.